The Morgan fingerprint density at radius 3 is 1.94 bits per heavy atom. The number of carbonyl (C=O) groups excluding carboxylic acids is 3. The summed E-state index contributed by atoms with van der Waals surface area (Å²) in [6.07, 6.45) is 3.53. The van der Waals surface area contributed by atoms with Crippen molar-refractivity contribution in [3.63, 3.8) is 0 Å². The van der Waals surface area contributed by atoms with Crippen LogP contribution in [0, 0.1) is 0 Å². The Bertz CT molecular complexity index is 957. The van der Waals surface area contributed by atoms with E-state index in [4.69, 9.17) is 0 Å². The second-order valence-electron chi connectivity index (χ2n) is 8.49. The Morgan fingerprint density at radius 1 is 0.935 bits per heavy atom. The third kappa shape index (κ3) is 3.78. The van der Waals surface area contributed by atoms with Crippen LogP contribution < -0.4 is 0 Å². The summed E-state index contributed by atoms with van der Waals surface area (Å²) in [5, 5.41) is 0. The van der Waals surface area contributed by atoms with E-state index in [1.54, 1.807) is 26.0 Å². The number of benzene rings is 1. The van der Waals surface area contributed by atoms with Crippen molar-refractivity contribution in [1.82, 2.24) is 14.1 Å². The lowest BCUT2D eigenvalue weighted by atomic mass is 9.95. The van der Waals surface area contributed by atoms with Crippen LogP contribution in [0.5, 0.6) is 0 Å². The van der Waals surface area contributed by atoms with Gasteiger partial charge in [-0.25, -0.2) is 8.42 Å². The summed E-state index contributed by atoms with van der Waals surface area (Å²) < 4.78 is 26.7. The van der Waals surface area contributed by atoms with E-state index < -0.39 is 10.0 Å². The summed E-state index contributed by atoms with van der Waals surface area (Å²) in [7, 11) is -3.57. The normalized spacial score (nSPS) is 26.2. The first-order chi connectivity index (χ1) is 14.8. The predicted molar refractivity (Wildman–Crippen MR) is 114 cm³/mol. The third-order valence-electron chi connectivity index (χ3n) is 6.84. The highest BCUT2D eigenvalue weighted by Crippen LogP contribution is 2.39. The Morgan fingerprint density at radius 2 is 1.45 bits per heavy atom. The number of hydrogen-bond acceptors (Lipinski definition) is 5. The Kier molecular flexibility index (Phi) is 5.91. The number of likely N-dealkylation sites (tertiary alicyclic amines) is 1. The first-order valence-corrected chi connectivity index (χ1v) is 12.5. The van der Waals surface area contributed by atoms with Gasteiger partial charge in [-0.2, -0.15) is 4.31 Å². The molecule has 4 rings (SSSR count). The molecule has 3 amide bonds. The molecule has 1 aromatic rings. The van der Waals surface area contributed by atoms with Gasteiger partial charge in [-0.1, -0.05) is 13.8 Å². The standard InChI is InChI=1S/C22H29N3O5S/c1-3-23(4-2)31(29,30)19-9-5-15(6-10-19)22(28)24-16-7-8-17(24)14-18(13-16)25-20(26)11-12-21(25)27/h5-6,9-10,16-18H,3-4,7-8,11-14H2,1-2H3. The van der Waals surface area contributed by atoms with E-state index in [2.05, 4.69) is 0 Å². The summed E-state index contributed by atoms with van der Waals surface area (Å²) in [5.74, 6) is -0.310. The minimum atomic E-state index is -3.57. The molecule has 0 saturated carbocycles. The molecule has 168 valence electrons. The maximum absolute atomic E-state index is 13.2. The van der Waals surface area contributed by atoms with E-state index in [9.17, 15) is 22.8 Å². The molecule has 31 heavy (non-hydrogen) atoms. The van der Waals surface area contributed by atoms with Gasteiger partial charge in [-0.3, -0.25) is 19.3 Å². The van der Waals surface area contributed by atoms with E-state index in [-0.39, 0.29) is 53.6 Å². The Hall–Kier alpha value is -2.26. The number of carbonyl (C=O) groups is 3. The Balaban J connectivity index is 1.50. The summed E-state index contributed by atoms with van der Waals surface area (Å²) in [5.41, 5.74) is 0.460. The summed E-state index contributed by atoms with van der Waals surface area (Å²) in [6.45, 7) is 4.36. The Labute approximate surface area is 183 Å². The van der Waals surface area contributed by atoms with Gasteiger partial charge in [0, 0.05) is 49.6 Å². The smallest absolute Gasteiger partial charge is 0.254 e. The number of piperidine rings is 1. The molecule has 2 atom stereocenters. The molecule has 3 saturated heterocycles. The van der Waals surface area contributed by atoms with Gasteiger partial charge >= 0.3 is 0 Å². The number of rotatable bonds is 6. The lowest BCUT2D eigenvalue weighted by Crippen LogP contribution is -2.53. The number of amides is 3. The zero-order valence-electron chi connectivity index (χ0n) is 18.0. The van der Waals surface area contributed by atoms with Crippen molar-refractivity contribution in [3.05, 3.63) is 29.8 Å². The zero-order valence-corrected chi connectivity index (χ0v) is 18.8. The lowest BCUT2D eigenvalue weighted by molar-refractivity contribution is -0.142. The molecule has 2 unspecified atom stereocenters. The minimum absolute atomic E-state index is 0.00321. The van der Waals surface area contributed by atoms with E-state index in [0.29, 0.717) is 31.5 Å². The summed E-state index contributed by atoms with van der Waals surface area (Å²) in [4.78, 5) is 41.0. The topological polar surface area (TPSA) is 95.1 Å². The van der Waals surface area contributed by atoms with Crippen LogP contribution in [-0.4, -0.2) is 71.5 Å². The van der Waals surface area contributed by atoms with E-state index in [0.717, 1.165) is 12.8 Å². The summed E-state index contributed by atoms with van der Waals surface area (Å²) >= 11 is 0. The van der Waals surface area contributed by atoms with Crippen LogP contribution in [0.2, 0.25) is 0 Å². The van der Waals surface area contributed by atoms with Gasteiger partial charge in [0.15, 0.2) is 0 Å². The van der Waals surface area contributed by atoms with Crippen LogP contribution in [0.15, 0.2) is 29.2 Å². The number of sulfonamides is 1. The van der Waals surface area contributed by atoms with Crippen LogP contribution in [0.4, 0.5) is 0 Å². The highest BCUT2D eigenvalue weighted by atomic mass is 32.2. The number of fused-ring (bicyclic) bond motifs is 2. The fourth-order valence-corrected chi connectivity index (χ4v) is 6.78. The van der Waals surface area contributed by atoms with E-state index in [1.165, 1.54) is 21.3 Å². The number of imide groups is 1. The summed E-state index contributed by atoms with van der Waals surface area (Å²) in [6, 6.07) is 6.03. The molecule has 9 heteroatoms. The van der Waals surface area contributed by atoms with Gasteiger partial charge in [0.2, 0.25) is 21.8 Å². The molecule has 0 N–H and O–H groups in total. The molecule has 1 aromatic carbocycles. The highest BCUT2D eigenvalue weighted by Gasteiger charge is 2.47. The van der Waals surface area contributed by atoms with Crippen molar-refractivity contribution in [2.24, 2.45) is 0 Å². The van der Waals surface area contributed by atoms with Gasteiger partial charge in [-0.15, -0.1) is 0 Å². The molecule has 0 aromatic heterocycles. The number of hydrogen-bond donors (Lipinski definition) is 0. The van der Waals surface area contributed by atoms with Crippen LogP contribution in [0.3, 0.4) is 0 Å². The van der Waals surface area contributed by atoms with Crippen LogP contribution in [-0.2, 0) is 19.6 Å². The van der Waals surface area contributed by atoms with E-state index in [1.807, 2.05) is 4.90 Å². The molecule has 2 bridgehead atoms. The SMILES string of the molecule is CCN(CC)S(=O)(=O)c1ccc(C(=O)N2C3CCC2CC(N2C(=O)CCC2=O)C3)cc1. The van der Waals surface area contributed by atoms with Gasteiger partial charge < -0.3 is 4.90 Å². The van der Waals surface area contributed by atoms with Crippen molar-refractivity contribution < 1.29 is 22.8 Å². The highest BCUT2D eigenvalue weighted by molar-refractivity contribution is 7.89. The number of nitrogens with zero attached hydrogens (tertiary/aromatic N) is 3. The van der Waals surface area contributed by atoms with E-state index >= 15 is 0 Å². The van der Waals surface area contributed by atoms with Gasteiger partial charge in [-0.05, 0) is 49.9 Å². The van der Waals surface area contributed by atoms with Gasteiger partial charge in [0.1, 0.15) is 0 Å². The molecule has 0 radical (unpaired) electrons. The van der Waals surface area contributed by atoms with Crippen LogP contribution in [0.25, 0.3) is 0 Å². The van der Waals surface area contributed by atoms with Crippen molar-refractivity contribution in [2.45, 2.75) is 75.4 Å². The molecule has 3 fully saturated rings. The molecule has 8 nitrogen and oxygen atoms in total. The second-order valence-corrected chi connectivity index (χ2v) is 10.4. The molecular formula is C22H29N3O5S. The quantitative estimate of drug-likeness (QED) is 0.622. The maximum Gasteiger partial charge on any atom is 0.254 e. The first kappa shape index (κ1) is 22.0. The first-order valence-electron chi connectivity index (χ1n) is 11.1. The molecule has 3 aliphatic rings. The van der Waals surface area contributed by atoms with Crippen LogP contribution in [0.1, 0.15) is 62.7 Å². The zero-order chi connectivity index (χ0) is 22.3. The van der Waals surface area contributed by atoms with Crippen molar-refractivity contribution in [1.29, 1.82) is 0 Å². The lowest BCUT2D eigenvalue weighted by Gasteiger charge is -2.41. The van der Waals surface area contributed by atoms with Crippen molar-refractivity contribution >= 4 is 27.7 Å². The molecule has 3 heterocycles. The van der Waals surface area contributed by atoms with Gasteiger partial charge in [0.05, 0.1) is 4.90 Å². The average Bonchev–Trinajstić information content (AvgIpc) is 3.23. The molecular weight excluding hydrogens is 418 g/mol. The molecule has 3 aliphatic heterocycles. The fourth-order valence-electron chi connectivity index (χ4n) is 5.32. The van der Waals surface area contributed by atoms with Crippen molar-refractivity contribution in [3.8, 4) is 0 Å². The average molecular weight is 448 g/mol. The maximum atomic E-state index is 13.2. The second kappa shape index (κ2) is 8.35. The third-order valence-corrected chi connectivity index (χ3v) is 8.91. The molecule has 0 aliphatic carbocycles. The van der Waals surface area contributed by atoms with Gasteiger partial charge in [0.25, 0.3) is 5.91 Å². The largest absolute Gasteiger partial charge is 0.333 e. The minimum Gasteiger partial charge on any atom is -0.333 e. The fraction of sp³-hybridized carbons (Fsp3) is 0.591. The molecule has 0 spiro atoms. The van der Waals surface area contributed by atoms with Crippen LogP contribution >= 0.6 is 0 Å². The predicted octanol–water partition coefficient (Wildman–Crippen LogP) is 2.00. The monoisotopic (exact) mass is 447 g/mol. The van der Waals surface area contributed by atoms with Crippen molar-refractivity contribution in [2.75, 3.05) is 13.1 Å².